The Kier molecular flexibility index (Phi) is 4.74. The average Bonchev–Trinajstić information content (AvgIpc) is 2.40. The first-order valence-electron chi connectivity index (χ1n) is 5.65. The Labute approximate surface area is 119 Å². The first-order valence-corrected chi connectivity index (χ1v) is 6.73. The van der Waals surface area contributed by atoms with Crippen LogP contribution < -0.4 is 10.3 Å². The fraction of sp³-hybridized carbons (Fsp3) is 0.231. The Bertz CT molecular complexity index is 554. The smallest absolute Gasteiger partial charge is 0.266 e. The second-order valence-electron chi connectivity index (χ2n) is 3.76. The fourth-order valence-electron chi connectivity index (χ4n) is 1.53. The normalized spacial score (nSPS) is 10.3. The van der Waals surface area contributed by atoms with Crippen LogP contribution in [0.1, 0.15) is 6.42 Å². The third kappa shape index (κ3) is 3.56. The summed E-state index contributed by atoms with van der Waals surface area (Å²) < 4.78 is 7.81. The van der Waals surface area contributed by atoms with Gasteiger partial charge in [0.25, 0.3) is 5.56 Å². The molecule has 2 rings (SSSR count). The van der Waals surface area contributed by atoms with Gasteiger partial charge in [-0.1, -0.05) is 18.2 Å². The Hall–Kier alpha value is -1.37. The largest absolute Gasteiger partial charge is 0.494 e. The quantitative estimate of drug-likeness (QED) is 0.610. The van der Waals surface area contributed by atoms with Crippen LogP contribution in [0.25, 0.3) is 0 Å². The molecule has 0 N–H and O–H groups in total. The maximum atomic E-state index is 11.7. The van der Waals surface area contributed by atoms with Gasteiger partial charge in [-0.3, -0.25) is 9.36 Å². The molecule has 0 bridgehead atoms. The standard InChI is InChI=1S/C13H13IN2O2/c14-12-9-15-10-16(13(12)17)7-4-8-18-11-5-2-1-3-6-11/h1-3,5-6,9-10H,4,7-8H2. The molecule has 0 aliphatic carbocycles. The Morgan fingerprint density at radius 2 is 2.06 bits per heavy atom. The van der Waals surface area contributed by atoms with Gasteiger partial charge in [-0.05, 0) is 41.1 Å². The fourth-order valence-corrected chi connectivity index (χ4v) is 2.00. The molecule has 0 unspecified atom stereocenters. The van der Waals surface area contributed by atoms with Gasteiger partial charge < -0.3 is 4.74 Å². The van der Waals surface area contributed by atoms with Crippen molar-refractivity contribution in [2.24, 2.45) is 0 Å². The molecule has 0 spiro atoms. The zero-order chi connectivity index (χ0) is 12.8. The average molecular weight is 356 g/mol. The first kappa shape index (κ1) is 13.1. The minimum absolute atomic E-state index is 0.00492. The second-order valence-corrected chi connectivity index (χ2v) is 4.92. The van der Waals surface area contributed by atoms with E-state index in [0.717, 1.165) is 12.2 Å². The third-order valence-corrected chi connectivity index (χ3v) is 3.15. The van der Waals surface area contributed by atoms with Crippen molar-refractivity contribution < 1.29 is 4.74 Å². The van der Waals surface area contributed by atoms with Crippen molar-refractivity contribution in [3.05, 3.63) is 56.8 Å². The molecule has 5 heteroatoms. The Morgan fingerprint density at radius 1 is 1.28 bits per heavy atom. The number of nitrogens with zero attached hydrogens (tertiary/aromatic N) is 2. The summed E-state index contributed by atoms with van der Waals surface area (Å²) in [5.41, 5.74) is 0.00492. The van der Waals surface area contributed by atoms with Crippen LogP contribution in [0.5, 0.6) is 5.75 Å². The minimum Gasteiger partial charge on any atom is -0.494 e. The van der Waals surface area contributed by atoms with Crippen LogP contribution in [0.15, 0.2) is 47.7 Å². The monoisotopic (exact) mass is 356 g/mol. The number of para-hydroxylation sites is 1. The molecule has 0 saturated heterocycles. The first-order chi connectivity index (χ1) is 8.77. The molecule has 0 aliphatic heterocycles. The van der Waals surface area contributed by atoms with E-state index in [0.29, 0.717) is 16.7 Å². The summed E-state index contributed by atoms with van der Waals surface area (Å²) in [6.45, 7) is 1.21. The van der Waals surface area contributed by atoms with Gasteiger partial charge in [0.05, 0.1) is 16.5 Å². The molecule has 0 fully saturated rings. The summed E-state index contributed by atoms with van der Waals surface area (Å²) in [5, 5.41) is 0. The van der Waals surface area contributed by atoms with E-state index in [4.69, 9.17) is 4.74 Å². The van der Waals surface area contributed by atoms with Crippen LogP contribution >= 0.6 is 22.6 Å². The van der Waals surface area contributed by atoms with Gasteiger partial charge >= 0.3 is 0 Å². The van der Waals surface area contributed by atoms with E-state index >= 15 is 0 Å². The summed E-state index contributed by atoms with van der Waals surface area (Å²) in [6, 6.07) is 9.65. The molecule has 1 heterocycles. The molecule has 1 aromatic heterocycles. The molecule has 0 amide bonds. The topological polar surface area (TPSA) is 44.1 Å². The Balaban J connectivity index is 1.82. The molecular weight excluding hydrogens is 343 g/mol. The lowest BCUT2D eigenvalue weighted by atomic mass is 10.3. The number of benzene rings is 1. The Morgan fingerprint density at radius 3 is 2.83 bits per heavy atom. The van der Waals surface area contributed by atoms with E-state index in [1.54, 1.807) is 17.1 Å². The maximum Gasteiger partial charge on any atom is 0.266 e. The van der Waals surface area contributed by atoms with Crippen molar-refractivity contribution in [1.82, 2.24) is 9.55 Å². The minimum atomic E-state index is 0.00492. The highest BCUT2D eigenvalue weighted by atomic mass is 127. The molecule has 0 aliphatic rings. The SMILES string of the molecule is O=c1c(I)cncn1CCCOc1ccccc1. The summed E-state index contributed by atoms with van der Waals surface area (Å²) in [7, 11) is 0. The predicted molar refractivity (Wildman–Crippen MR) is 77.8 cm³/mol. The van der Waals surface area contributed by atoms with Crippen molar-refractivity contribution in [2.75, 3.05) is 6.61 Å². The molecule has 1 aromatic carbocycles. The number of rotatable bonds is 5. The number of aryl methyl sites for hydroxylation is 1. The zero-order valence-electron chi connectivity index (χ0n) is 9.75. The number of aromatic nitrogens is 2. The van der Waals surface area contributed by atoms with Crippen molar-refractivity contribution in [3.63, 3.8) is 0 Å². The van der Waals surface area contributed by atoms with Crippen LogP contribution in [-0.4, -0.2) is 16.2 Å². The number of hydrogen-bond donors (Lipinski definition) is 0. The van der Waals surface area contributed by atoms with Crippen LogP contribution in [-0.2, 0) is 6.54 Å². The lowest BCUT2D eigenvalue weighted by Crippen LogP contribution is -2.23. The van der Waals surface area contributed by atoms with Crippen molar-refractivity contribution in [3.8, 4) is 5.75 Å². The predicted octanol–water partition coefficient (Wildman–Crippen LogP) is 2.32. The molecule has 18 heavy (non-hydrogen) atoms. The highest BCUT2D eigenvalue weighted by Gasteiger charge is 2.00. The van der Waals surface area contributed by atoms with Crippen LogP contribution in [0, 0.1) is 3.57 Å². The summed E-state index contributed by atoms with van der Waals surface area (Å²) in [4.78, 5) is 15.7. The van der Waals surface area contributed by atoms with Gasteiger partial charge in [-0.25, -0.2) is 4.98 Å². The van der Waals surface area contributed by atoms with Crippen molar-refractivity contribution >= 4 is 22.6 Å². The summed E-state index contributed by atoms with van der Waals surface area (Å²) in [5.74, 6) is 0.852. The summed E-state index contributed by atoms with van der Waals surface area (Å²) in [6.07, 6.45) is 3.91. The van der Waals surface area contributed by atoms with E-state index < -0.39 is 0 Å². The van der Waals surface area contributed by atoms with Gasteiger partial charge in [-0.15, -0.1) is 0 Å². The lowest BCUT2D eigenvalue weighted by Gasteiger charge is -2.07. The van der Waals surface area contributed by atoms with E-state index in [2.05, 4.69) is 4.98 Å². The molecule has 94 valence electrons. The second kappa shape index (κ2) is 6.53. The van der Waals surface area contributed by atoms with Crippen LogP contribution in [0.2, 0.25) is 0 Å². The van der Waals surface area contributed by atoms with Gasteiger partial charge in [0.2, 0.25) is 0 Å². The number of hydrogen-bond acceptors (Lipinski definition) is 3. The molecule has 2 aromatic rings. The van der Waals surface area contributed by atoms with E-state index in [1.165, 1.54) is 0 Å². The molecule has 0 saturated carbocycles. The third-order valence-electron chi connectivity index (χ3n) is 2.41. The van der Waals surface area contributed by atoms with E-state index in [1.807, 2.05) is 52.9 Å². The number of ether oxygens (including phenoxy) is 1. The molecular formula is C13H13IN2O2. The van der Waals surface area contributed by atoms with Crippen LogP contribution in [0.3, 0.4) is 0 Å². The summed E-state index contributed by atoms with van der Waals surface area (Å²) >= 11 is 1.99. The zero-order valence-corrected chi connectivity index (χ0v) is 11.9. The maximum absolute atomic E-state index is 11.7. The highest BCUT2D eigenvalue weighted by Crippen LogP contribution is 2.08. The molecule has 0 atom stereocenters. The highest BCUT2D eigenvalue weighted by molar-refractivity contribution is 14.1. The van der Waals surface area contributed by atoms with Crippen LogP contribution in [0.4, 0.5) is 0 Å². The number of halogens is 1. The van der Waals surface area contributed by atoms with Crippen molar-refractivity contribution in [1.29, 1.82) is 0 Å². The molecule has 4 nitrogen and oxygen atoms in total. The van der Waals surface area contributed by atoms with Gasteiger partial charge in [-0.2, -0.15) is 0 Å². The van der Waals surface area contributed by atoms with Gasteiger partial charge in [0.15, 0.2) is 0 Å². The van der Waals surface area contributed by atoms with Crippen molar-refractivity contribution in [2.45, 2.75) is 13.0 Å². The van der Waals surface area contributed by atoms with E-state index in [9.17, 15) is 4.79 Å². The lowest BCUT2D eigenvalue weighted by molar-refractivity contribution is 0.300. The van der Waals surface area contributed by atoms with Gasteiger partial charge in [0.1, 0.15) is 5.75 Å². The molecule has 0 radical (unpaired) electrons. The van der Waals surface area contributed by atoms with E-state index in [-0.39, 0.29) is 5.56 Å². The van der Waals surface area contributed by atoms with Gasteiger partial charge in [0, 0.05) is 12.7 Å².